The highest BCUT2D eigenvalue weighted by molar-refractivity contribution is 7.99. The highest BCUT2D eigenvalue weighted by atomic mass is 32.2. The zero-order valence-electron chi connectivity index (χ0n) is 17.9. The Kier molecular flexibility index (Phi) is 6.36. The lowest BCUT2D eigenvalue weighted by molar-refractivity contribution is -0.113. The normalized spacial score (nSPS) is 18.0. The Balaban J connectivity index is 1.44. The number of fused-ring (bicyclic) bond motifs is 3. The maximum absolute atomic E-state index is 12.3. The van der Waals surface area contributed by atoms with Crippen molar-refractivity contribution in [3.63, 3.8) is 0 Å². The molecule has 0 saturated carbocycles. The Morgan fingerprint density at radius 1 is 1.32 bits per heavy atom. The van der Waals surface area contributed by atoms with E-state index in [1.807, 2.05) is 31.2 Å². The number of amides is 1. The lowest BCUT2D eigenvalue weighted by atomic mass is 9.90. The van der Waals surface area contributed by atoms with Crippen molar-refractivity contribution < 1.29 is 14.3 Å². The van der Waals surface area contributed by atoms with Crippen LogP contribution < -0.4 is 15.8 Å². The molecule has 0 spiro atoms. The predicted octanol–water partition coefficient (Wildman–Crippen LogP) is 4.64. The summed E-state index contributed by atoms with van der Waals surface area (Å²) in [6.07, 6.45) is 1.74. The molecule has 1 aliphatic heterocycles. The van der Waals surface area contributed by atoms with E-state index in [-0.39, 0.29) is 17.3 Å². The molecule has 164 valence electrons. The van der Waals surface area contributed by atoms with Gasteiger partial charge in [-0.15, -0.1) is 11.3 Å². The molecule has 1 amide bonds. The van der Waals surface area contributed by atoms with Gasteiger partial charge in [0.25, 0.3) is 0 Å². The van der Waals surface area contributed by atoms with E-state index in [0.717, 1.165) is 39.4 Å². The van der Waals surface area contributed by atoms with Crippen molar-refractivity contribution in [1.82, 2.24) is 9.97 Å². The monoisotopic (exact) mass is 458 g/mol. The lowest BCUT2D eigenvalue weighted by Gasteiger charge is -2.33. The van der Waals surface area contributed by atoms with Crippen LogP contribution in [0.5, 0.6) is 5.75 Å². The molecule has 31 heavy (non-hydrogen) atoms. The number of carbonyl (C=O) groups excluding carboxylic acids is 1. The van der Waals surface area contributed by atoms with Crippen LogP contribution in [-0.4, -0.2) is 33.8 Å². The molecule has 1 aliphatic rings. The minimum Gasteiger partial charge on any atom is -0.494 e. The molecule has 0 saturated heterocycles. The van der Waals surface area contributed by atoms with Crippen molar-refractivity contribution in [1.29, 1.82) is 0 Å². The zero-order valence-corrected chi connectivity index (χ0v) is 19.5. The number of nitrogens with zero attached hydrogens (tertiary/aromatic N) is 2. The molecule has 3 aromatic rings. The summed E-state index contributed by atoms with van der Waals surface area (Å²) >= 11 is 2.87. The van der Waals surface area contributed by atoms with Gasteiger partial charge in [-0.05, 0) is 50.1 Å². The number of aromatic nitrogens is 2. The van der Waals surface area contributed by atoms with E-state index in [0.29, 0.717) is 24.2 Å². The number of nitrogen functional groups attached to an aromatic ring is 1. The fraction of sp³-hybridized carbons (Fsp3) is 0.409. The Labute approximate surface area is 189 Å². The van der Waals surface area contributed by atoms with Crippen LogP contribution in [0.1, 0.15) is 37.6 Å². The minimum atomic E-state index is -0.181. The van der Waals surface area contributed by atoms with Crippen molar-refractivity contribution in [2.45, 2.75) is 51.0 Å². The maximum Gasteiger partial charge on any atom is 0.234 e. The van der Waals surface area contributed by atoms with Gasteiger partial charge in [0.2, 0.25) is 5.91 Å². The highest BCUT2D eigenvalue weighted by Gasteiger charge is 2.33. The van der Waals surface area contributed by atoms with Crippen LogP contribution in [0.2, 0.25) is 0 Å². The van der Waals surface area contributed by atoms with Crippen LogP contribution >= 0.6 is 23.1 Å². The molecule has 0 fully saturated rings. The van der Waals surface area contributed by atoms with Crippen LogP contribution in [-0.2, 0) is 22.6 Å². The van der Waals surface area contributed by atoms with Gasteiger partial charge in [-0.1, -0.05) is 18.7 Å². The third-order valence-corrected chi connectivity index (χ3v) is 7.32. The van der Waals surface area contributed by atoms with Gasteiger partial charge in [-0.25, -0.2) is 9.97 Å². The van der Waals surface area contributed by atoms with Crippen LogP contribution in [0.25, 0.3) is 10.2 Å². The van der Waals surface area contributed by atoms with Crippen molar-refractivity contribution in [3.8, 4) is 5.75 Å². The van der Waals surface area contributed by atoms with Gasteiger partial charge in [-0.2, -0.15) is 0 Å². The second-order valence-electron chi connectivity index (χ2n) is 7.64. The number of anilines is 2. The summed E-state index contributed by atoms with van der Waals surface area (Å²) < 4.78 is 11.5. The third kappa shape index (κ3) is 4.78. The molecule has 1 atom stereocenters. The first-order valence-electron chi connectivity index (χ1n) is 10.3. The summed E-state index contributed by atoms with van der Waals surface area (Å²) in [4.78, 5) is 23.5. The summed E-state index contributed by atoms with van der Waals surface area (Å²) in [5.74, 6) is 1.31. The number of benzene rings is 1. The number of nitrogens with two attached hydrogens (primary N) is 1. The summed E-state index contributed by atoms with van der Waals surface area (Å²) in [6, 6.07) is 7.29. The van der Waals surface area contributed by atoms with Gasteiger partial charge in [0.15, 0.2) is 5.16 Å². The Morgan fingerprint density at radius 2 is 2.10 bits per heavy atom. The number of carbonyl (C=O) groups is 1. The Morgan fingerprint density at radius 3 is 2.81 bits per heavy atom. The van der Waals surface area contributed by atoms with Crippen molar-refractivity contribution >= 4 is 50.7 Å². The first kappa shape index (κ1) is 21.9. The molecule has 1 aromatic carbocycles. The molecule has 3 heterocycles. The topological polar surface area (TPSA) is 99.4 Å². The highest BCUT2D eigenvalue weighted by Crippen LogP contribution is 2.41. The van der Waals surface area contributed by atoms with E-state index in [2.05, 4.69) is 29.1 Å². The zero-order chi connectivity index (χ0) is 22.0. The van der Waals surface area contributed by atoms with Crippen molar-refractivity contribution in [3.05, 3.63) is 34.7 Å². The second-order valence-corrected chi connectivity index (χ2v) is 9.66. The number of hydrogen-bond donors (Lipinski definition) is 2. The summed E-state index contributed by atoms with van der Waals surface area (Å²) in [5.41, 5.74) is 8.06. The number of ether oxygens (including phenoxy) is 2. The summed E-state index contributed by atoms with van der Waals surface area (Å²) in [6.45, 7) is 7.37. The fourth-order valence-electron chi connectivity index (χ4n) is 3.50. The van der Waals surface area contributed by atoms with Gasteiger partial charge >= 0.3 is 0 Å². The number of rotatable bonds is 7. The fourth-order valence-corrected chi connectivity index (χ4v) is 5.32. The quantitative estimate of drug-likeness (QED) is 0.393. The lowest BCUT2D eigenvalue weighted by Crippen LogP contribution is -2.33. The minimum absolute atomic E-state index is 0.131. The number of hydrogen-bond acceptors (Lipinski definition) is 8. The first-order chi connectivity index (χ1) is 14.9. The van der Waals surface area contributed by atoms with Crippen LogP contribution in [0, 0.1) is 0 Å². The smallest absolute Gasteiger partial charge is 0.234 e. The molecule has 0 aliphatic carbocycles. The van der Waals surface area contributed by atoms with Gasteiger partial charge in [0.1, 0.15) is 16.4 Å². The predicted molar refractivity (Wildman–Crippen MR) is 126 cm³/mol. The molecule has 4 rings (SSSR count). The van der Waals surface area contributed by atoms with E-state index < -0.39 is 0 Å². The maximum atomic E-state index is 12.3. The second kappa shape index (κ2) is 9.02. The van der Waals surface area contributed by atoms with Gasteiger partial charge < -0.3 is 20.5 Å². The van der Waals surface area contributed by atoms with Crippen molar-refractivity contribution in [2.75, 3.05) is 23.4 Å². The third-order valence-electron chi connectivity index (χ3n) is 5.37. The van der Waals surface area contributed by atoms with Crippen LogP contribution in [0.15, 0.2) is 29.4 Å². The molecular weight excluding hydrogens is 432 g/mol. The molecule has 9 heteroatoms. The largest absolute Gasteiger partial charge is 0.494 e. The van der Waals surface area contributed by atoms with Gasteiger partial charge in [0.05, 0.1) is 30.0 Å². The van der Waals surface area contributed by atoms with Gasteiger partial charge in [-0.3, -0.25) is 4.79 Å². The average molecular weight is 459 g/mol. The average Bonchev–Trinajstić information content (AvgIpc) is 3.11. The molecule has 3 N–H and O–H groups in total. The van der Waals surface area contributed by atoms with E-state index in [4.69, 9.17) is 15.2 Å². The number of nitrogens with one attached hydrogen (secondary N) is 1. The number of thiophene rings is 1. The molecule has 0 radical (unpaired) electrons. The van der Waals surface area contributed by atoms with E-state index in [9.17, 15) is 4.79 Å². The van der Waals surface area contributed by atoms with Crippen LogP contribution in [0.4, 0.5) is 11.5 Å². The van der Waals surface area contributed by atoms with E-state index in [1.165, 1.54) is 17.3 Å². The Bertz CT molecular complexity index is 1100. The SMILES string of the molecule is CCOc1ccc(NC(=O)CSc2nc(N)c3c4c(sc3n2)CO[C@@](C)(CC)C4)cc1. The summed E-state index contributed by atoms with van der Waals surface area (Å²) in [5, 5.41) is 4.31. The molecule has 7 nitrogen and oxygen atoms in total. The van der Waals surface area contributed by atoms with Gasteiger partial charge in [0, 0.05) is 17.0 Å². The molecule has 0 unspecified atom stereocenters. The molecule has 0 bridgehead atoms. The molecule has 2 aromatic heterocycles. The standard InChI is InChI=1S/C22H26N4O3S2/c1-4-22(3)10-15-16(11-29-22)31-20-18(15)19(23)25-21(26-20)30-12-17(27)24-13-6-8-14(9-7-13)28-5-2/h6-9H,4-5,10-12H2,1-3H3,(H,24,27)(H2,23,25,26)/t22-/m0/s1. The van der Waals surface area contributed by atoms with E-state index >= 15 is 0 Å². The van der Waals surface area contributed by atoms with Crippen molar-refractivity contribution in [2.24, 2.45) is 0 Å². The first-order valence-corrected chi connectivity index (χ1v) is 12.1. The van der Waals surface area contributed by atoms with Crippen LogP contribution in [0.3, 0.4) is 0 Å². The molecular formula is C22H26N4O3S2. The summed E-state index contributed by atoms with van der Waals surface area (Å²) in [7, 11) is 0. The number of thioether (sulfide) groups is 1. The van der Waals surface area contributed by atoms with E-state index in [1.54, 1.807) is 11.3 Å². The Hall–Kier alpha value is -2.36.